The predicted octanol–water partition coefficient (Wildman–Crippen LogP) is 5.50. The van der Waals surface area contributed by atoms with Gasteiger partial charge in [0.05, 0.1) is 12.1 Å². The number of rotatable bonds is 2. The molecule has 6 heteroatoms. The maximum Gasteiger partial charge on any atom is 0.180 e. The normalized spacial score (nSPS) is 23.7. The van der Waals surface area contributed by atoms with E-state index in [1.54, 1.807) is 48.5 Å². The van der Waals surface area contributed by atoms with Crippen LogP contribution in [-0.2, 0) is 4.79 Å². The summed E-state index contributed by atoms with van der Waals surface area (Å²) in [5.74, 6) is -2.01. The van der Waals surface area contributed by atoms with Crippen molar-refractivity contribution in [3.05, 3.63) is 106 Å². The molecule has 0 aromatic heterocycles. The monoisotopic (exact) mass is 471 g/mol. The maximum absolute atomic E-state index is 14.2. The van der Waals surface area contributed by atoms with Gasteiger partial charge in [0.2, 0.25) is 0 Å². The lowest BCUT2D eigenvalue weighted by molar-refractivity contribution is -0.118. The third-order valence-corrected chi connectivity index (χ3v) is 7.65. The molecule has 1 saturated heterocycles. The summed E-state index contributed by atoms with van der Waals surface area (Å²) in [5.41, 5.74) is 1.29. The highest BCUT2D eigenvalue weighted by Gasteiger charge is 2.71. The van der Waals surface area contributed by atoms with E-state index in [4.69, 9.17) is 11.6 Å². The van der Waals surface area contributed by atoms with E-state index in [1.807, 2.05) is 23.1 Å². The average molecular weight is 472 g/mol. The Kier molecular flexibility index (Phi) is 4.45. The molecule has 0 saturated carbocycles. The van der Waals surface area contributed by atoms with Gasteiger partial charge in [-0.1, -0.05) is 60.2 Å². The highest BCUT2D eigenvalue weighted by molar-refractivity contribution is 6.32. The first-order valence-electron chi connectivity index (χ1n) is 11.1. The lowest BCUT2D eigenvalue weighted by Gasteiger charge is -2.37. The van der Waals surface area contributed by atoms with Crippen LogP contribution in [0.25, 0.3) is 6.08 Å². The fourth-order valence-corrected chi connectivity index (χ4v) is 6.32. The van der Waals surface area contributed by atoms with Crippen LogP contribution in [0.5, 0.6) is 0 Å². The first-order chi connectivity index (χ1) is 16.4. The van der Waals surface area contributed by atoms with Crippen molar-refractivity contribution >= 4 is 40.7 Å². The Morgan fingerprint density at radius 1 is 0.971 bits per heavy atom. The van der Waals surface area contributed by atoms with Crippen molar-refractivity contribution in [3.63, 3.8) is 0 Å². The van der Waals surface area contributed by atoms with Crippen molar-refractivity contribution in [1.29, 1.82) is 0 Å². The third kappa shape index (κ3) is 2.56. The largest absolute Gasteiger partial charge is 0.352 e. The van der Waals surface area contributed by atoms with E-state index in [0.717, 1.165) is 11.3 Å². The summed E-state index contributed by atoms with van der Waals surface area (Å²) in [6.45, 7) is 1.47. The molecule has 0 unspecified atom stereocenters. The molecule has 4 nitrogen and oxygen atoms in total. The molecule has 34 heavy (non-hydrogen) atoms. The van der Waals surface area contributed by atoms with Crippen LogP contribution in [0.3, 0.4) is 0 Å². The molecule has 6 rings (SSSR count). The quantitative estimate of drug-likeness (QED) is 0.463. The Balaban J connectivity index is 1.68. The van der Waals surface area contributed by atoms with Crippen molar-refractivity contribution in [1.82, 2.24) is 0 Å². The average Bonchev–Trinajstić information content (AvgIpc) is 3.26. The lowest BCUT2D eigenvalue weighted by Crippen LogP contribution is -2.48. The van der Waals surface area contributed by atoms with Crippen LogP contribution in [-0.4, -0.2) is 29.4 Å². The second-order valence-corrected chi connectivity index (χ2v) is 9.51. The third-order valence-electron chi connectivity index (χ3n) is 7.41. The second kappa shape index (κ2) is 7.21. The van der Waals surface area contributed by atoms with E-state index in [2.05, 4.69) is 0 Å². The first kappa shape index (κ1) is 21.0. The molecule has 1 aliphatic carbocycles. The molecule has 2 aliphatic heterocycles. The molecule has 3 aromatic rings. The molecular formula is C28H19ClFNO3. The fraction of sp³-hybridized carbons (Fsp3) is 0.179. The molecule has 1 fully saturated rings. The number of carbonyl (C=O) groups excluding carboxylic acids is 3. The van der Waals surface area contributed by atoms with Gasteiger partial charge >= 0.3 is 0 Å². The Morgan fingerprint density at radius 3 is 2.24 bits per heavy atom. The van der Waals surface area contributed by atoms with Crippen molar-refractivity contribution < 1.29 is 18.8 Å². The van der Waals surface area contributed by atoms with Gasteiger partial charge in [0, 0.05) is 27.8 Å². The smallest absolute Gasteiger partial charge is 0.180 e. The van der Waals surface area contributed by atoms with Crippen molar-refractivity contribution in [2.24, 2.45) is 5.41 Å². The van der Waals surface area contributed by atoms with Crippen molar-refractivity contribution in [2.75, 3.05) is 4.90 Å². The van der Waals surface area contributed by atoms with Crippen LogP contribution in [0.15, 0.2) is 72.8 Å². The zero-order valence-corrected chi connectivity index (χ0v) is 18.9. The number of benzene rings is 3. The minimum Gasteiger partial charge on any atom is -0.352 e. The summed E-state index contributed by atoms with van der Waals surface area (Å²) in [5, 5.41) is 0.547. The summed E-state index contributed by atoms with van der Waals surface area (Å²) in [6.07, 6.45) is 3.69. The van der Waals surface area contributed by atoms with Crippen LogP contribution in [0.1, 0.15) is 44.7 Å². The molecule has 1 spiro atoms. The molecule has 0 radical (unpaired) electrons. The number of anilines is 1. The van der Waals surface area contributed by atoms with E-state index >= 15 is 0 Å². The summed E-state index contributed by atoms with van der Waals surface area (Å²) in [7, 11) is 0. The Hall–Kier alpha value is -3.57. The summed E-state index contributed by atoms with van der Waals surface area (Å²) in [4.78, 5) is 43.5. The molecule has 0 N–H and O–H groups in total. The molecule has 3 atom stereocenters. The van der Waals surface area contributed by atoms with E-state index in [9.17, 15) is 18.8 Å². The molecule has 3 aliphatic rings. The second-order valence-electron chi connectivity index (χ2n) is 9.07. The van der Waals surface area contributed by atoms with Crippen LogP contribution in [0, 0.1) is 11.2 Å². The zero-order chi connectivity index (χ0) is 23.8. The maximum atomic E-state index is 14.2. The van der Waals surface area contributed by atoms with Gasteiger partial charge in [-0.05, 0) is 48.4 Å². The molecular weight excluding hydrogens is 453 g/mol. The number of nitrogens with zero attached hydrogens (tertiary/aromatic N) is 1. The van der Waals surface area contributed by atoms with Gasteiger partial charge in [0.15, 0.2) is 17.3 Å². The van der Waals surface area contributed by atoms with Gasteiger partial charge < -0.3 is 4.90 Å². The predicted molar refractivity (Wildman–Crippen MR) is 128 cm³/mol. The first-order valence-corrected chi connectivity index (χ1v) is 11.4. The minimum absolute atomic E-state index is 0.177. The summed E-state index contributed by atoms with van der Waals surface area (Å²) >= 11 is 6.22. The van der Waals surface area contributed by atoms with E-state index in [-0.39, 0.29) is 17.3 Å². The number of Topliss-reactive ketones (excluding diaryl/α,β-unsaturated/α-hetero) is 3. The minimum atomic E-state index is -1.55. The molecule has 168 valence electrons. The Bertz CT molecular complexity index is 1390. The van der Waals surface area contributed by atoms with Crippen LogP contribution in [0.4, 0.5) is 10.1 Å². The highest BCUT2D eigenvalue weighted by Crippen LogP contribution is 2.60. The summed E-state index contributed by atoms with van der Waals surface area (Å²) < 4.78 is 13.9. The number of hydrogen-bond acceptors (Lipinski definition) is 4. The van der Waals surface area contributed by atoms with Crippen LogP contribution < -0.4 is 4.90 Å². The lowest BCUT2D eigenvalue weighted by atomic mass is 9.64. The van der Waals surface area contributed by atoms with E-state index in [0.29, 0.717) is 21.7 Å². The van der Waals surface area contributed by atoms with Crippen molar-refractivity contribution in [3.8, 4) is 0 Å². The molecule has 0 amide bonds. The molecule has 0 bridgehead atoms. The standard InChI is InChI=1S/C28H19ClFNO3/c1-15(32)25-24(16-6-10-19(30)11-7-16)28(26(33)20-4-2-3-5-21(20)27(28)34)23-13-8-17-14-18(29)9-12-22(17)31(23)25/h2-14,23-25H,1H3/t23-,24+,25+/m0/s1. The van der Waals surface area contributed by atoms with Crippen LogP contribution >= 0.6 is 11.6 Å². The fourth-order valence-electron chi connectivity index (χ4n) is 6.14. The number of ketones is 3. The van der Waals surface area contributed by atoms with Gasteiger partial charge in [0.25, 0.3) is 0 Å². The van der Waals surface area contributed by atoms with Gasteiger partial charge in [-0.2, -0.15) is 0 Å². The zero-order valence-electron chi connectivity index (χ0n) is 18.2. The molecule has 2 heterocycles. The van der Waals surface area contributed by atoms with Crippen LogP contribution in [0.2, 0.25) is 5.02 Å². The number of fused-ring (bicyclic) bond motifs is 5. The van der Waals surface area contributed by atoms with Gasteiger partial charge in [0.1, 0.15) is 11.2 Å². The van der Waals surface area contributed by atoms with E-state index in [1.165, 1.54) is 19.1 Å². The highest BCUT2D eigenvalue weighted by atomic mass is 35.5. The van der Waals surface area contributed by atoms with Gasteiger partial charge in [-0.25, -0.2) is 4.39 Å². The Morgan fingerprint density at radius 2 is 1.62 bits per heavy atom. The summed E-state index contributed by atoms with van der Waals surface area (Å²) in [6, 6.07) is 16.4. The van der Waals surface area contributed by atoms with Crippen molar-refractivity contribution in [2.45, 2.75) is 24.9 Å². The van der Waals surface area contributed by atoms with E-state index < -0.39 is 29.2 Å². The number of carbonyl (C=O) groups is 3. The molecule has 3 aromatic carbocycles. The van der Waals surface area contributed by atoms with Gasteiger partial charge in [-0.3, -0.25) is 14.4 Å². The SMILES string of the molecule is CC(=O)[C@@H]1[C@@H](c2ccc(F)cc2)C2(C(=O)c3ccccc3C2=O)[C@@H]2C=Cc3cc(Cl)ccc3N12. The Labute approximate surface area is 200 Å². The van der Waals surface area contributed by atoms with Gasteiger partial charge in [-0.15, -0.1) is 0 Å². The number of halogens is 2. The number of hydrogen-bond donors (Lipinski definition) is 0. The topological polar surface area (TPSA) is 54.5 Å².